The predicted molar refractivity (Wildman–Crippen MR) is 215 cm³/mol. The molecule has 0 spiro atoms. The first-order valence-corrected chi connectivity index (χ1v) is 18.6. The number of rotatable bonds is 11. The monoisotopic (exact) mass is 646 g/mol. The first kappa shape index (κ1) is 39.3. The lowest BCUT2D eigenvalue weighted by molar-refractivity contribution is 0.636. The van der Waals surface area contributed by atoms with Crippen LogP contribution in [-0.2, 0) is 0 Å². The summed E-state index contributed by atoms with van der Waals surface area (Å²) >= 11 is 0. The Morgan fingerprint density at radius 1 is 0.875 bits per heavy atom. The van der Waals surface area contributed by atoms with Gasteiger partial charge in [0, 0.05) is 12.0 Å². The number of benzene rings is 1. The van der Waals surface area contributed by atoms with E-state index < -0.39 is 0 Å². The van der Waals surface area contributed by atoms with E-state index in [-0.39, 0.29) is 12.0 Å². The summed E-state index contributed by atoms with van der Waals surface area (Å²) in [4.78, 5) is 0. The SMILES string of the molecule is C=C(CCC1=C(C)C(N)C(/C=C\C)C=C1)\C(=c1/c(C)c(C)c(C)c(C)/c1=C(\C(C)=C(C)\C(=C/CC)C1=C(C)C=CCC1)C(C)C)C(C)C. The van der Waals surface area contributed by atoms with Crippen LogP contribution in [0.25, 0.3) is 11.1 Å². The van der Waals surface area contributed by atoms with Crippen molar-refractivity contribution in [3.63, 3.8) is 0 Å². The highest BCUT2D eigenvalue weighted by Gasteiger charge is 2.23. The highest BCUT2D eigenvalue weighted by Crippen LogP contribution is 2.35. The minimum atomic E-state index is 0.0382. The van der Waals surface area contributed by atoms with Gasteiger partial charge in [0.1, 0.15) is 0 Å². The highest BCUT2D eigenvalue weighted by atomic mass is 14.7. The van der Waals surface area contributed by atoms with E-state index in [0.29, 0.717) is 11.8 Å². The molecule has 0 saturated carbocycles. The van der Waals surface area contributed by atoms with Crippen molar-refractivity contribution in [3.05, 3.63) is 126 Å². The van der Waals surface area contributed by atoms with Crippen molar-refractivity contribution in [1.82, 2.24) is 0 Å². The van der Waals surface area contributed by atoms with Crippen molar-refractivity contribution < 1.29 is 0 Å². The van der Waals surface area contributed by atoms with Crippen molar-refractivity contribution in [2.45, 2.75) is 135 Å². The van der Waals surface area contributed by atoms with Crippen molar-refractivity contribution in [2.24, 2.45) is 23.5 Å². The molecule has 0 radical (unpaired) electrons. The third-order valence-corrected chi connectivity index (χ3v) is 11.3. The van der Waals surface area contributed by atoms with Gasteiger partial charge in [0.2, 0.25) is 0 Å². The smallest absolute Gasteiger partial charge is 0.0355 e. The molecule has 0 fully saturated rings. The number of hydrogen-bond acceptors (Lipinski definition) is 1. The average Bonchev–Trinajstić information content (AvgIpc) is 3.04. The lowest BCUT2D eigenvalue weighted by Crippen LogP contribution is -2.39. The molecule has 0 saturated heterocycles. The molecule has 2 N–H and O–H groups in total. The van der Waals surface area contributed by atoms with E-state index in [4.69, 9.17) is 12.3 Å². The molecular weight excluding hydrogens is 579 g/mol. The largest absolute Gasteiger partial charge is 0.323 e. The predicted octanol–water partition coefficient (Wildman–Crippen LogP) is 11.6. The van der Waals surface area contributed by atoms with Crippen molar-refractivity contribution in [1.29, 1.82) is 0 Å². The van der Waals surface area contributed by atoms with Gasteiger partial charge in [-0.3, -0.25) is 0 Å². The van der Waals surface area contributed by atoms with Gasteiger partial charge in [-0.2, -0.15) is 0 Å². The van der Waals surface area contributed by atoms with Gasteiger partial charge in [-0.05, 0) is 184 Å². The fraction of sp³-hybridized carbons (Fsp3) is 0.489. The molecule has 1 heteroatoms. The Morgan fingerprint density at radius 2 is 1.46 bits per heavy atom. The lowest BCUT2D eigenvalue weighted by Gasteiger charge is -2.27. The zero-order valence-electron chi connectivity index (χ0n) is 33.2. The van der Waals surface area contributed by atoms with Crippen LogP contribution in [0.2, 0.25) is 0 Å². The Kier molecular flexibility index (Phi) is 13.9. The molecule has 2 aliphatic carbocycles. The first-order chi connectivity index (χ1) is 22.6. The summed E-state index contributed by atoms with van der Waals surface area (Å²) in [6, 6.07) is 0.0382. The Labute approximate surface area is 295 Å². The van der Waals surface area contributed by atoms with Crippen LogP contribution < -0.4 is 16.2 Å². The summed E-state index contributed by atoms with van der Waals surface area (Å²) in [5.41, 5.74) is 26.3. The Hall–Kier alpha value is -3.16. The van der Waals surface area contributed by atoms with Gasteiger partial charge in [0.25, 0.3) is 0 Å². The summed E-state index contributed by atoms with van der Waals surface area (Å²) in [5, 5.41) is 2.85. The van der Waals surface area contributed by atoms with Crippen LogP contribution in [0.1, 0.15) is 124 Å². The van der Waals surface area contributed by atoms with E-state index in [9.17, 15) is 0 Å². The molecule has 2 aliphatic rings. The molecule has 2 unspecified atom stereocenters. The van der Waals surface area contributed by atoms with Gasteiger partial charge in [-0.25, -0.2) is 0 Å². The molecule has 0 amide bonds. The van der Waals surface area contributed by atoms with Crippen LogP contribution in [0.15, 0.2) is 93.7 Å². The maximum atomic E-state index is 6.70. The van der Waals surface area contributed by atoms with Crippen LogP contribution in [-0.4, -0.2) is 6.04 Å². The lowest BCUT2D eigenvalue weighted by atomic mass is 9.79. The fourth-order valence-electron chi connectivity index (χ4n) is 8.10. The standard InChI is InChI=1S/C47H67N/c1-16-20-40-27-26-39(38(15)47(40)48)25-24-31(8)43(28(3)4)45-35(12)32(9)33(10)36(13)46(45)44(29(5)6)37(14)34(11)42(21-17-2)41-23-19-18-22-30(41)7/h16,18,20-22,26-29,40,47H,8,17,19,23-25,48H2,1-7,9-15H3/b20-16-,37-34+,42-21+,45-43+,46-44+. The quantitative estimate of drug-likeness (QED) is 0.188. The third-order valence-electron chi connectivity index (χ3n) is 11.3. The van der Waals surface area contributed by atoms with Crippen LogP contribution in [0.4, 0.5) is 0 Å². The topological polar surface area (TPSA) is 26.0 Å². The Morgan fingerprint density at radius 3 is 1.98 bits per heavy atom. The summed E-state index contributed by atoms with van der Waals surface area (Å²) < 4.78 is 0. The molecule has 1 aromatic rings. The van der Waals surface area contributed by atoms with Crippen LogP contribution in [0, 0.1) is 45.4 Å². The molecule has 0 aliphatic heterocycles. The van der Waals surface area contributed by atoms with Crippen molar-refractivity contribution in [3.8, 4) is 0 Å². The molecule has 260 valence electrons. The molecule has 1 aromatic carbocycles. The van der Waals surface area contributed by atoms with Gasteiger partial charge in [-0.1, -0.05) is 94.9 Å². The number of hydrogen-bond donors (Lipinski definition) is 1. The average molecular weight is 646 g/mol. The van der Waals surface area contributed by atoms with E-state index in [1.54, 1.807) is 0 Å². The summed E-state index contributed by atoms with van der Waals surface area (Å²) in [6.07, 6.45) is 21.1. The van der Waals surface area contributed by atoms with Gasteiger partial charge in [0.05, 0.1) is 0 Å². The van der Waals surface area contributed by atoms with Crippen molar-refractivity contribution >= 4 is 11.1 Å². The number of allylic oxidation sites excluding steroid dienone is 12. The fourth-order valence-corrected chi connectivity index (χ4v) is 8.10. The summed E-state index contributed by atoms with van der Waals surface area (Å²) in [6.45, 7) is 37.2. The minimum Gasteiger partial charge on any atom is -0.323 e. The molecule has 3 rings (SSSR count). The maximum absolute atomic E-state index is 6.70. The summed E-state index contributed by atoms with van der Waals surface area (Å²) in [7, 11) is 0. The van der Waals surface area contributed by atoms with Gasteiger partial charge in [0.15, 0.2) is 0 Å². The molecule has 0 bridgehead atoms. The van der Waals surface area contributed by atoms with E-state index >= 15 is 0 Å². The third kappa shape index (κ3) is 8.16. The van der Waals surface area contributed by atoms with E-state index in [1.165, 1.54) is 88.4 Å². The maximum Gasteiger partial charge on any atom is 0.0355 e. The minimum absolute atomic E-state index is 0.0382. The number of nitrogens with two attached hydrogens (primary N) is 1. The normalized spacial score (nSPS) is 20.8. The van der Waals surface area contributed by atoms with Gasteiger partial charge >= 0.3 is 0 Å². The van der Waals surface area contributed by atoms with Crippen molar-refractivity contribution in [2.75, 3.05) is 0 Å². The van der Waals surface area contributed by atoms with Gasteiger partial charge in [-0.15, -0.1) is 0 Å². The Balaban J connectivity index is 2.41. The van der Waals surface area contributed by atoms with Crippen LogP contribution in [0.5, 0.6) is 0 Å². The van der Waals surface area contributed by atoms with E-state index in [2.05, 4.69) is 139 Å². The second-order valence-electron chi connectivity index (χ2n) is 15.1. The molecule has 48 heavy (non-hydrogen) atoms. The van der Waals surface area contributed by atoms with Crippen LogP contribution in [0.3, 0.4) is 0 Å². The van der Waals surface area contributed by atoms with Crippen LogP contribution >= 0.6 is 0 Å². The zero-order valence-corrected chi connectivity index (χ0v) is 33.2. The second kappa shape index (κ2) is 17.0. The summed E-state index contributed by atoms with van der Waals surface area (Å²) in [5.74, 6) is 0.971. The molecule has 0 heterocycles. The first-order valence-electron chi connectivity index (χ1n) is 18.6. The van der Waals surface area contributed by atoms with Gasteiger partial charge < -0.3 is 5.73 Å². The molecule has 2 atom stereocenters. The zero-order chi connectivity index (χ0) is 36.0. The van der Waals surface area contributed by atoms with E-state index in [1.807, 2.05) is 0 Å². The molecular formula is C47H67N. The molecule has 0 aromatic heterocycles. The second-order valence-corrected chi connectivity index (χ2v) is 15.1. The van der Waals surface area contributed by atoms with E-state index in [0.717, 1.165) is 32.1 Å². The molecule has 1 nitrogen and oxygen atoms in total. The highest BCUT2D eigenvalue weighted by molar-refractivity contribution is 5.75. The Bertz CT molecular complexity index is 1750.